The van der Waals surface area contributed by atoms with E-state index in [0.717, 1.165) is 39.4 Å². The van der Waals surface area contributed by atoms with E-state index in [1.807, 2.05) is 0 Å². The van der Waals surface area contributed by atoms with Crippen molar-refractivity contribution >= 4 is 38.9 Å². The number of aromatic nitrogens is 1. The highest BCUT2D eigenvalue weighted by atomic mass is 15.1. The SMILES string of the molecule is c1ccc(-c2ccc(N(c3cccc(-c4ccccc4-c4ccc5c6ccccc6n(-c6ccc7c(c6)C(c6ccccc6)(c6ccccc6)c6ccccc6-7)c5c4)c3)c3ccc4c(c3)C3(c5ccccc5-c5ccccc53)c3ccccc3-4)cc2)cc1. The van der Waals surface area contributed by atoms with Crippen LogP contribution >= 0.6 is 0 Å². The number of rotatable bonds is 9. The molecule has 18 rings (SSSR count). The number of anilines is 3. The fraction of sp³-hybridized carbons (Fsp3) is 0.0233. The third kappa shape index (κ3) is 7.18. The van der Waals surface area contributed by atoms with Gasteiger partial charge in [-0.1, -0.05) is 279 Å². The van der Waals surface area contributed by atoms with Crippen molar-refractivity contribution in [3.05, 3.63) is 384 Å². The Kier molecular flexibility index (Phi) is 11.2. The van der Waals surface area contributed by atoms with Crippen LogP contribution < -0.4 is 4.90 Å². The maximum atomic E-state index is 2.50. The second kappa shape index (κ2) is 19.6. The Morgan fingerprint density at radius 2 is 0.625 bits per heavy atom. The lowest BCUT2D eigenvalue weighted by atomic mass is 9.67. The largest absolute Gasteiger partial charge is 0.310 e. The zero-order valence-corrected chi connectivity index (χ0v) is 48.2. The van der Waals surface area contributed by atoms with Crippen LogP contribution in [0, 0.1) is 0 Å². The predicted molar refractivity (Wildman–Crippen MR) is 365 cm³/mol. The van der Waals surface area contributed by atoms with Crippen molar-refractivity contribution in [2.24, 2.45) is 0 Å². The quantitative estimate of drug-likeness (QED) is 0.140. The van der Waals surface area contributed by atoms with Gasteiger partial charge in [0.15, 0.2) is 0 Å². The maximum Gasteiger partial charge on any atom is 0.0726 e. The third-order valence-corrected chi connectivity index (χ3v) is 19.5. The molecule has 0 aliphatic heterocycles. The van der Waals surface area contributed by atoms with Crippen molar-refractivity contribution in [3.63, 3.8) is 0 Å². The van der Waals surface area contributed by atoms with E-state index in [0.29, 0.717) is 0 Å². The second-order valence-electron chi connectivity index (χ2n) is 23.8. The summed E-state index contributed by atoms with van der Waals surface area (Å²) in [6.45, 7) is 0. The van der Waals surface area contributed by atoms with Crippen LogP contribution in [0.3, 0.4) is 0 Å². The van der Waals surface area contributed by atoms with E-state index < -0.39 is 10.8 Å². The summed E-state index contributed by atoms with van der Waals surface area (Å²) in [6.07, 6.45) is 0. The van der Waals surface area contributed by atoms with Crippen LogP contribution in [0.25, 0.3) is 94.3 Å². The first-order chi connectivity index (χ1) is 43.7. The van der Waals surface area contributed by atoms with E-state index in [9.17, 15) is 0 Å². The number of hydrogen-bond acceptors (Lipinski definition) is 1. The molecule has 0 fully saturated rings. The average molecular weight is 1120 g/mol. The Balaban J connectivity index is 0.796. The van der Waals surface area contributed by atoms with Crippen LogP contribution in [0.2, 0.25) is 0 Å². The Bertz CT molecular complexity index is 5160. The number of para-hydroxylation sites is 1. The molecule has 1 heterocycles. The number of hydrogen-bond donors (Lipinski definition) is 0. The summed E-state index contributed by atoms with van der Waals surface area (Å²) < 4.78 is 2.50. The zero-order chi connectivity index (χ0) is 57.9. The van der Waals surface area contributed by atoms with Crippen LogP contribution in [-0.2, 0) is 10.8 Å². The maximum absolute atomic E-state index is 2.50. The van der Waals surface area contributed by atoms with Crippen molar-refractivity contribution in [2.75, 3.05) is 4.90 Å². The lowest BCUT2D eigenvalue weighted by molar-refractivity contribution is 0.767. The Morgan fingerprint density at radius 1 is 0.216 bits per heavy atom. The molecule has 2 heteroatoms. The summed E-state index contributed by atoms with van der Waals surface area (Å²) in [6, 6.07) is 127. The number of nitrogens with zero attached hydrogens (tertiary/aromatic N) is 2. The van der Waals surface area contributed by atoms with Crippen LogP contribution in [0.1, 0.15) is 44.5 Å². The van der Waals surface area contributed by atoms with Crippen LogP contribution in [0.5, 0.6) is 0 Å². The van der Waals surface area contributed by atoms with E-state index in [2.05, 4.69) is 349 Å². The minimum absolute atomic E-state index is 0.479. The van der Waals surface area contributed by atoms with Crippen molar-refractivity contribution in [1.29, 1.82) is 0 Å². The standard InChI is InChI=1S/C86H56N2/c1-4-23-57(24-5-1)58-43-46-63(47-44-58)87(65-48-51-74-72-36-15-20-41-80(72)86(82(74)55-65)78-39-18-13-33-69(78)70-34-14-19-40-79(70)86)64-30-22-25-59(53-64)67-31-10-11-32-68(67)60-45-50-76-75-37-16-21-42-83(75)88(84(76)54-60)66-49-52-73-71-35-12-17-38-77(71)85(81(73)56-66,61-26-6-2-7-27-61)62-28-8-3-9-29-62/h1-56H. The summed E-state index contributed by atoms with van der Waals surface area (Å²) in [4.78, 5) is 2.47. The molecule has 0 radical (unpaired) electrons. The molecule has 1 spiro atoms. The molecule has 0 amide bonds. The van der Waals surface area contributed by atoms with Gasteiger partial charge in [-0.25, -0.2) is 0 Å². The number of fused-ring (bicyclic) bond motifs is 16. The van der Waals surface area contributed by atoms with Gasteiger partial charge in [-0.05, 0) is 172 Å². The molecule has 3 aliphatic carbocycles. The Hall–Kier alpha value is -11.3. The molecule has 0 bridgehead atoms. The lowest BCUT2D eigenvalue weighted by Gasteiger charge is -2.34. The van der Waals surface area contributed by atoms with Crippen molar-refractivity contribution in [3.8, 4) is 72.4 Å². The summed E-state index contributed by atoms with van der Waals surface area (Å²) in [5.74, 6) is 0. The van der Waals surface area contributed by atoms with Gasteiger partial charge >= 0.3 is 0 Å². The molecular formula is C86H56N2. The molecule has 0 unspecified atom stereocenters. The predicted octanol–water partition coefficient (Wildman–Crippen LogP) is 22.0. The van der Waals surface area contributed by atoms with Gasteiger partial charge < -0.3 is 9.47 Å². The monoisotopic (exact) mass is 1120 g/mol. The molecule has 0 N–H and O–H groups in total. The fourth-order valence-electron chi connectivity index (χ4n) is 15.9. The topological polar surface area (TPSA) is 8.17 Å². The first-order valence-corrected chi connectivity index (χ1v) is 30.6. The molecule has 2 nitrogen and oxygen atoms in total. The first kappa shape index (κ1) is 50.0. The molecule has 0 atom stereocenters. The van der Waals surface area contributed by atoms with Crippen molar-refractivity contribution in [2.45, 2.75) is 10.8 Å². The van der Waals surface area contributed by atoms with Gasteiger partial charge in [-0.15, -0.1) is 0 Å². The van der Waals surface area contributed by atoms with Gasteiger partial charge in [0.25, 0.3) is 0 Å². The third-order valence-electron chi connectivity index (χ3n) is 19.5. The Labute approximate surface area is 512 Å². The summed E-state index contributed by atoms with van der Waals surface area (Å²) in [7, 11) is 0. The Morgan fingerprint density at radius 3 is 1.23 bits per heavy atom. The van der Waals surface area contributed by atoms with E-state index in [4.69, 9.17) is 0 Å². The second-order valence-corrected chi connectivity index (χ2v) is 23.8. The normalized spacial score (nSPS) is 13.4. The fourth-order valence-corrected chi connectivity index (χ4v) is 15.9. The zero-order valence-electron chi connectivity index (χ0n) is 48.2. The lowest BCUT2D eigenvalue weighted by Crippen LogP contribution is -2.28. The highest BCUT2D eigenvalue weighted by molar-refractivity contribution is 6.11. The van der Waals surface area contributed by atoms with Gasteiger partial charge in [-0.2, -0.15) is 0 Å². The van der Waals surface area contributed by atoms with Gasteiger partial charge in [-0.3, -0.25) is 0 Å². The van der Waals surface area contributed by atoms with Crippen molar-refractivity contribution < 1.29 is 0 Å². The summed E-state index contributed by atoms with van der Waals surface area (Å²) in [5, 5.41) is 2.45. The number of benzene rings is 14. The molecule has 14 aromatic carbocycles. The summed E-state index contributed by atoms with van der Waals surface area (Å²) in [5.41, 5.74) is 30.9. The molecule has 1 aromatic heterocycles. The van der Waals surface area contributed by atoms with Crippen LogP contribution in [0.4, 0.5) is 17.1 Å². The van der Waals surface area contributed by atoms with Gasteiger partial charge in [0.1, 0.15) is 0 Å². The molecule has 88 heavy (non-hydrogen) atoms. The van der Waals surface area contributed by atoms with Gasteiger partial charge in [0, 0.05) is 33.5 Å². The average Bonchev–Trinajstić information content (AvgIpc) is 1.53. The molecule has 3 aliphatic rings. The first-order valence-electron chi connectivity index (χ1n) is 30.6. The van der Waals surface area contributed by atoms with E-state index in [-0.39, 0.29) is 0 Å². The van der Waals surface area contributed by atoms with Gasteiger partial charge in [0.05, 0.1) is 21.9 Å². The van der Waals surface area contributed by atoms with E-state index >= 15 is 0 Å². The highest BCUT2D eigenvalue weighted by Crippen LogP contribution is 2.64. The minimum atomic E-state index is -0.522. The highest BCUT2D eigenvalue weighted by Gasteiger charge is 2.52. The molecule has 0 saturated carbocycles. The van der Waals surface area contributed by atoms with Crippen molar-refractivity contribution in [1.82, 2.24) is 4.57 Å². The van der Waals surface area contributed by atoms with Gasteiger partial charge in [0.2, 0.25) is 0 Å². The molecule has 15 aromatic rings. The molecule has 410 valence electrons. The summed E-state index contributed by atoms with van der Waals surface area (Å²) >= 11 is 0. The molecular weight excluding hydrogens is 1060 g/mol. The van der Waals surface area contributed by atoms with E-state index in [1.54, 1.807) is 0 Å². The van der Waals surface area contributed by atoms with Crippen LogP contribution in [0.15, 0.2) is 340 Å². The smallest absolute Gasteiger partial charge is 0.0726 e. The molecule has 0 saturated heterocycles. The van der Waals surface area contributed by atoms with E-state index in [1.165, 1.54) is 116 Å². The minimum Gasteiger partial charge on any atom is -0.310 e. The van der Waals surface area contributed by atoms with Crippen LogP contribution in [-0.4, -0.2) is 4.57 Å².